The van der Waals surface area contributed by atoms with E-state index < -0.39 is 5.97 Å². The van der Waals surface area contributed by atoms with E-state index in [0.29, 0.717) is 42.3 Å². The Morgan fingerprint density at radius 3 is 2.43 bits per heavy atom. The summed E-state index contributed by atoms with van der Waals surface area (Å²) in [6.45, 7) is 11.2. The van der Waals surface area contributed by atoms with Crippen molar-refractivity contribution in [3.05, 3.63) is 23.0 Å². The van der Waals surface area contributed by atoms with Crippen LogP contribution in [0.4, 0.5) is 10.5 Å². The maximum Gasteiger partial charge on any atom is 0.340 e. The topological polar surface area (TPSA) is 91.8 Å². The van der Waals surface area contributed by atoms with Crippen LogP contribution in [-0.4, -0.2) is 65.0 Å². The summed E-state index contributed by atoms with van der Waals surface area (Å²) in [4.78, 5) is 45.1. The Hall–Kier alpha value is -2.64. The average molecular weight is 419 g/mol. The van der Waals surface area contributed by atoms with Gasteiger partial charge < -0.3 is 19.9 Å². The molecule has 1 aliphatic heterocycles. The van der Waals surface area contributed by atoms with Crippen LogP contribution in [0.25, 0.3) is 0 Å². The monoisotopic (exact) mass is 418 g/mol. The molecule has 1 aromatic rings. The van der Waals surface area contributed by atoms with Gasteiger partial charge >= 0.3 is 12.0 Å². The number of amides is 3. The van der Waals surface area contributed by atoms with Crippen LogP contribution in [0.3, 0.4) is 0 Å². The van der Waals surface area contributed by atoms with Crippen molar-refractivity contribution >= 4 is 23.6 Å². The number of nitrogens with one attached hydrogen (secondary N) is 1. The first-order valence-electron chi connectivity index (χ1n) is 10.8. The van der Waals surface area contributed by atoms with Gasteiger partial charge in [0.15, 0.2) is 0 Å². The number of likely N-dealkylation sites (tertiary alicyclic amines) is 1. The summed E-state index contributed by atoms with van der Waals surface area (Å²) in [6.07, 6.45) is 3.40. The first-order chi connectivity index (χ1) is 14.3. The Kier molecular flexibility index (Phi) is 8.62. The lowest BCUT2D eigenvalue weighted by molar-refractivity contribution is -0.130. The molecule has 1 aromatic heterocycles. The molecule has 2 rings (SSSR count). The minimum absolute atomic E-state index is 0.0749. The summed E-state index contributed by atoms with van der Waals surface area (Å²) >= 11 is 0. The molecule has 0 aromatic carbocycles. The third-order valence-corrected chi connectivity index (χ3v) is 5.50. The van der Waals surface area contributed by atoms with Gasteiger partial charge in [-0.05, 0) is 46.1 Å². The molecular weight excluding hydrogens is 384 g/mol. The number of rotatable bonds is 7. The fraction of sp³-hybridized carbons (Fsp3) is 0.636. The van der Waals surface area contributed by atoms with Gasteiger partial charge in [-0.1, -0.05) is 13.3 Å². The highest BCUT2D eigenvalue weighted by molar-refractivity contribution is 5.95. The van der Waals surface area contributed by atoms with Crippen molar-refractivity contribution in [2.75, 3.05) is 31.6 Å². The van der Waals surface area contributed by atoms with Gasteiger partial charge in [0.05, 0.1) is 29.2 Å². The quantitative estimate of drug-likeness (QED) is 0.684. The van der Waals surface area contributed by atoms with E-state index >= 15 is 0 Å². The predicted molar refractivity (Wildman–Crippen MR) is 116 cm³/mol. The highest BCUT2D eigenvalue weighted by Gasteiger charge is 2.29. The van der Waals surface area contributed by atoms with E-state index in [4.69, 9.17) is 4.74 Å². The first-order valence-corrected chi connectivity index (χ1v) is 10.8. The minimum Gasteiger partial charge on any atom is -0.462 e. The second-order valence-electron chi connectivity index (χ2n) is 7.69. The predicted octanol–water partition coefficient (Wildman–Crippen LogP) is 3.52. The Morgan fingerprint density at radius 1 is 1.20 bits per heavy atom. The molecule has 2 heterocycles. The summed E-state index contributed by atoms with van der Waals surface area (Å²) < 4.78 is 5.10. The minimum atomic E-state index is -0.447. The molecule has 1 aliphatic rings. The van der Waals surface area contributed by atoms with Gasteiger partial charge in [-0.3, -0.25) is 9.78 Å². The number of ether oxygens (including phenoxy) is 1. The van der Waals surface area contributed by atoms with Crippen LogP contribution in [0.1, 0.15) is 68.2 Å². The van der Waals surface area contributed by atoms with Gasteiger partial charge in [-0.2, -0.15) is 0 Å². The van der Waals surface area contributed by atoms with Crippen molar-refractivity contribution in [2.45, 2.75) is 66.3 Å². The third kappa shape index (κ3) is 5.93. The highest BCUT2D eigenvalue weighted by Crippen LogP contribution is 2.22. The SMILES string of the molecule is CCCCN(C(=O)Nc1cc(C(=O)OCC)c(C)nc1C)C1CCN(C(C)=O)CC1. The molecule has 166 valence electrons. The fourth-order valence-corrected chi connectivity index (χ4v) is 3.73. The maximum atomic E-state index is 13.2. The van der Waals surface area contributed by atoms with Crippen molar-refractivity contribution < 1.29 is 19.1 Å². The number of pyridine rings is 1. The standard InChI is InChI=1S/C22H34N4O4/c1-6-8-11-26(18-9-12-25(13-10-18)17(5)27)22(29)24-20-14-19(21(28)30-7-2)15(3)23-16(20)4/h14,18H,6-13H2,1-5H3,(H,24,29). The first kappa shape index (κ1) is 23.6. The molecule has 0 spiro atoms. The summed E-state index contributed by atoms with van der Waals surface area (Å²) in [6, 6.07) is 1.52. The lowest BCUT2D eigenvalue weighted by Gasteiger charge is -2.38. The smallest absolute Gasteiger partial charge is 0.340 e. The van der Waals surface area contributed by atoms with Crippen LogP contribution in [0.2, 0.25) is 0 Å². The Bertz CT molecular complexity index is 773. The zero-order chi connectivity index (χ0) is 22.3. The van der Waals surface area contributed by atoms with Crippen LogP contribution < -0.4 is 5.32 Å². The van der Waals surface area contributed by atoms with E-state index in [1.165, 1.54) is 0 Å². The molecule has 1 saturated heterocycles. The molecule has 0 unspecified atom stereocenters. The van der Waals surface area contributed by atoms with Crippen LogP contribution in [0, 0.1) is 13.8 Å². The number of unbranched alkanes of at least 4 members (excludes halogenated alkanes) is 1. The van der Waals surface area contributed by atoms with Crippen molar-refractivity contribution in [3.63, 3.8) is 0 Å². The Labute approximate surface area is 179 Å². The molecule has 30 heavy (non-hydrogen) atoms. The van der Waals surface area contributed by atoms with E-state index in [1.807, 2.05) is 9.80 Å². The number of hydrogen-bond donors (Lipinski definition) is 1. The second kappa shape index (κ2) is 10.9. The highest BCUT2D eigenvalue weighted by atomic mass is 16.5. The number of aryl methyl sites for hydroxylation is 2. The number of aromatic nitrogens is 1. The normalized spacial score (nSPS) is 14.4. The maximum absolute atomic E-state index is 13.2. The van der Waals surface area contributed by atoms with Crippen molar-refractivity contribution in [3.8, 4) is 0 Å². The molecule has 0 atom stereocenters. The van der Waals surface area contributed by atoms with E-state index in [2.05, 4.69) is 17.2 Å². The van der Waals surface area contributed by atoms with Crippen molar-refractivity contribution in [2.24, 2.45) is 0 Å². The molecule has 3 amide bonds. The van der Waals surface area contributed by atoms with Gasteiger partial charge in [0.2, 0.25) is 5.91 Å². The molecule has 1 N–H and O–H groups in total. The molecule has 0 aliphatic carbocycles. The number of carbonyl (C=O) groups excluding carboxylic acids is 3. The van der Waals surface area contributed by atoms with Gasteiger partial charge in [0, 0.05) is 32.6 Å². The summed E-state index contributed by atoms with van der Waals surface area (Å²) in [5, 5.41) is 2.95. The number of piperidine rings is 1. The van der Waals surface area contributed by atoms with Gasteiger partial charge in [0.25, 0.3) is 0 Å². The van der Waals surface area contributed by atoms with Gasteiger partial charge in [-0.25, -0.2) is 9.59 Å². The van der Waals surface area contributed by atoms with Crippen LogP contribution in [-0.2, 0) is 9.53 Å². The van der Waals surface area contributed by atoms with Crippen LogP contribution >= 0.6 is 0 Å². The molecule has 0 radical (unpaired) electrons. The average Bonchev–Trinajstić information content (AvgIpc) is 2.70. The molecule has 0 bridgehead atoms. The number of nitrogens with zero attached hydrogens (tertiary/aromatic N) is 3. The van der Waals surface area contributed by atoms with E-state index in [9.17, 15) is 14.4 Å². The lowest BCUT2D eigenvalue weighted by Crippen LogP contribution is -2.50. The van der Waals surface area contributed by atoms with E-state index in [1.54, 1.807) is 33.8 Å². The van der Waals surface area contributed by atoms with E-state index in [0.717, 1.165) is 25.7 Å². The number of esters is 1. The summed E-state index contributed by atoms with van der Waals surface area (Å²) in [5.41, 5.74) is 2.09. The lowest BCUT2D eigenvalue weighted by atomic mass is 10.0. The zero-order valence-electron chi connectivity index (χ0n) is 18.8. The molecule has 1 fully saturated rings. The van der Waals surface area contributed by atoms with Crippen molar-refractivity contribution in [1.29, 1.82) is 0 Å². The number of urea groups is 1. The van der Waals surface area contributed by atoms with Crippen LogP contribution in [0.5, 0.6) is 0 Å². The Balaban J connectivity index is 2.18. The number of anilines is 1. The number of carbonyl (C=O) groups is 3. The molecule has 8 nitrogen and oxygen atoms in total. The summed E-state index contributed by atoms with van der Waals surface area (Å²) in [5.74, 6) is -0.372. The fourth-order valence-electron chi connectivity index (χ4n) is 3.73. The zero-order valence-corrected chi connectivity index (χ0v) is 18.8. The third-order valence-electron chi connectivity index (χ3n) is 5.50. The van der Waals surface area contributed by atoms with E-state index in [-0.39, 0.29) is 24.6 Å². The van der Waals surface area contributed by atoms with Crippen molar-refractivity contribution in [1.82, 2.24) is 14.8 Å². The Morgan fingerprint density at radius 2 is 1.87 bits per heavy atom. The number of hydrogen-bond acceptors (Lipinski definition) is 5. The molecule has 8 heteroatoms. The molecule has 0 saturated carbocycles. The largest absolute Gasteiger partial charge is 0.462 e. The molecular formula is C22H34N4O4. The van der Waals surface area contributed by atoms with Gasteiger partial charge in [-0.15, -0.1) is 0 Å². The summed E-state index contributed by atoms with van der Waals surface area (Å²) in [7, 11) is 0. The van der Waals surface area contributed by atoms with Crippen LogP contribution in [0.15, 0.2) is 6.07 Å². The second-order valence-corrected chi connectivity index (χ2v) is 7.69. The van der Waals surface area contributed by atoms with Gasteiger partial charge in [0.1, 0.15) is 0 Å².